The minimum absolute atomic E-state index is 0.391. The molecule has 3 unspecified atom stereocenters. The topological polar surface area (TPSA) is 29.3 Å². The number of hydrogen-bond acceptors (Lipinski definition) is 2. The van der Waals surface area contributed by atoms with Gasteiger partial charge in [-0.2, -0.15) is 0 Å². The molecule has 0 amide bonds. The van der Waals surface area contributed by atoms with E-state index in [9.17, 15) is 0 Å². The van der Waals surface area contributed by atoms with Crippen molar-refractivity contribution < 1.29 is 0 Å². The lowest BCUT2D eigenvalue weighted by molar-refractivity contribution is 0.0622. The van der Waals surface area contributed by atoms with Crippen molar-refractivity contribution >= 4 is 0 Å². The molecule has 21 heavy (non-hydrogen) atoms. The van der Waals surface area contributed by atoms with Gasteiger partial charge >= 0.3 is 0 Å². The van der Waals surface area contributed by atoms with E-state index < -0.39 is 0 Å². The van der Waals surface area contributed by atoms with Crippen LogP contribution in [0.3, 0.4) is 0 Å². The molecule has 2 heteroatoms. The van der Waals surface area contributed by atoms with E-state index in [2.05, 4.69) is 32.7 Å². The van der Waals surface area contributed by atoms with Crippen molar-refractivity contribution in [1.29, 1.82) is 0 Å². The molecule has 0 aromatic heterocycles. The van der Waals surface area contributed by atoms with Gasteiger partial charge in [-0.05, 0) is 56.4 Å². The summed E-state index contributed by atoms with van der Waals surface area (Å²) in [4.78, 5) is 2.62. The van der Waals surface area contributed by atoms with Crippen molar-refractivity contribution in [1.82, 2.24) is 4.90 Å². The Balaban J connectivity index is 1.92. The second-order valence-corrected chi connectivity index (χ2v) is 8.53. The molecule has 2 saturated carbocycles. The molecule has 0 saturated heterocycles. The van der Waals surface area contributed by atoms with Gasteiger partial charge in [-0.25, -0.2) is 0 Å². The van der Waals surface area contributed by atoms with Gasteiger partial charge in [0, 0.05) is 18.6 Å². The average Bonchev–Trinajstić information content (AvgIpc) is 2.48. The van der Waals surface area contributed by atoms with Gasteiger partial charge in [-0.15, -0.1) is 0 Å². The van der Waals surface area contributed by atoms with Crippen molar-refractivity contribution in [3.63, 3.8) is 0 Å². The van der Waals surface area contributed by atoms with Gasteiger partial charge in [0.15, 0.2) is 0 Å². The van der Waals surface area contributed by atoms with Crippen LogP contribution in [0.1, 0.15) is 78.6 Å². The molecule has 2 aliphatic carbocycles. The van der Waals surface area contributed by atoms with Crippen LogP contribution >= 0.6 is 0 Å². The van der Waals surface area contributed by atoms with Crippen LogP contribution in [-0.2, 0) is 0 Å². The molecule has 0 aromatic carbocycles. The van der Waals surface area contributed by atoms with Crippen molar-refractivity contribution in [3.8, 4) is 0 Å². The normalized spacial score (nSPS) is 32.6. The molecule has 2 nitrogen and oxygen atoms in total. The molecule has 0 spiro atoms. The lowest BCUT2D eigenvalue weighted by Crippen LogP contribution is -2.52. The van der Waals surface area contributed by atoms with Crippen LogP contribution in [0.4, 0.5) is 0 Å². The van der Waals surface area contributed by atoms with Gasteiger partial charge in [-0.3, -0.25) is 0 Å². The fraction of sp³-hybridized carbons (Fsp3) is 1.00. The van der Waals surface area contributed by atoms with E-state index in [1.165, 1.54) is 64.3 Å². The van der Waals surface area contributed by atoms with E-state index in [0.29, 0.717) is 17.5 Å². The Kier molecular flexibility index (Phi) is 6.14. The molecule has 0 heterocycles. The summed E-state index contributed by atoms with van der Waals surface area (Å²) in [6.45, 7) is 8.52. The smallest absolute Gasteiger partial charge is 0.0247 e. The second kappa shape index (κ2) is 7.46. The van der Waals surface area contributed by atoms with Gasteiger partial charge in [0.2, 0.25) is 0 Å². The highest BCUT2D eigenvalue weighted by Gasteiger charge is 2.37. The molecule has 0 radical (unpaired) electrons. The third-order valence-electron chi connectivity index (χ3n) is 6.72. The fourth-order valence-corrected chi connectivity index (χ4v) is 4.59. The summed E-state index contributed by atoms with van der Waals surface area (Å²) in [7, 11) is 2.33. The minimum atomic E-state index is 0.391. The zero-order valence-corrected chi connectivity index (χ0v) is 14.9. The SMILES string of the molecule is CCC(C)(C)C1CCC(N)C(N(C)CC2CCCCC2)C1. The van der Waals surface area contributed by atoms with Gasteiger partial charge < -0.3 is 10.6 Å². The van der Waals surface area contributed by atoms with Crippen molar-refractivity contribution in [2.75, 3.05) is 13.6 Å². The Morgan fingerprint density at radius 1 is 1.05 bits per heavy atom. The van der Waals surface area contributed by atoms with E-state index in [4.69, 9.17) is 5.73 Å². The van der Waals surface area contributed by atoms with Crippen LogP contribution in [0.25, 0.3) is 0 Å². The summed E-state index contributed by atoms with van der Waals surface area (Å²) in [5, 5.41) is 0. The number of nitrogens with two attached hydrogens (primary N) is 1. The van der Waals surface area contributed by atoms with Crippen molar-refractivity contribution in [2.45, 2.75) is 90.6 Å². The quantitative estimate of drug-likeness (QED) is 0.812. The maximum absolute atomic E-state index is 6.49. The number of nitrogens with zero attached hydrogens (tertiary/aromatic N) is 1. The first-order chi connectivity index (χ1) is 9.94. The lowest BCUT2D eigenvalue weighted by Gasteiger charge is -2.46. The van der Waals surface area contributed by atoms with Gasteiger partial charge in [0.25, 0.3) is 0 Å². The largest absolute Gasteiger partial charge is 0.326 e. The predicted molar refractivity (Wildman–Crippen MR) is 92.4 cm³/mol. The van der Waals surface area contributed by atoms with E-state index in [1.54, 1.807) is 0 Å². The molecule has 0 aromatic rings. The fourth-order valence-electron chi connectivity index (χ4n) is 4.59. The molecular formula is C19H38N2. The Morgan fingerprint density at radius 2 is 1.71 bits per heavy atom. The summed E-state index contributed by atoms with van der Waals surface area (Å²) < 4.78 is 0. The molecule has 2 rings (SSSR count). The predicted octanol–water partition coefficient (Wildman–Crippen LogP) is 4.43. The van der Waals surface area contributed by atoms with E-state index >= 15 is 0 Å². The first-order valence-electron chi connectivity index (χ1n) is 9.40. The molecule has 0 bridgehead atoms. The van der Waals surface area contributed by atoms with Crippen molar-refractivity contribution in [3.05, 3.63) is 0 Å². The van der Waals surface area contributed by atoms with Crippen LogP contribution in [0, 0.1) is 17.3 Å². The zero-order valence-electron chi connectivity index (χ0n) is 14.9. The number of hydrogen-bond donors (Lipinski definition) is 1. The molecule has 0 aliphatic heterocycles. The Hall–Kier alpha value is -0.0800. The third-order valence-corrected chi connectivity index (χ3v) is 6.72. The zero-order chi connectivity index (χ0) is 15.5. The standard InChI is InChI=1S/C19H38N2/c1-5-19(2,3)16-11-12-17(20)18(13-16)21(4)14-15-9-7-6-8-10-15/h15-18H,5-14,20H2,1-4H3. The van der Waals surface area contributed by atoms with E-state index in [1.807, 2.05) is 0 Å². The third kappa shape index (κ3) is 4.45. The van der Waals surface area contributed by atoms with Gasteiger partial charge in [-0.1, -0.05) is 46.5 Å². The number of rotatable bonds is 5. The molecule has 2 aliphatic rings. The lowest BCUT2D eigenvalue weighted by atomic mass is 9.67. The molecule has 124 valence electrons. The van der Waals surface area contributed by atoms with Gasteiger partial charge in [0.1, 0.15) is 0 Å². The second-order valence-electron chi connectivity index (χ2n) is 8.53. The average molecular weight is 295 g/mol. The summed E-state index contributed by atoms with van der Waals surface area (Å²) in [5.74, 6) is 1.77. The molecule has 3 atom stereocenters. The first-order valence-corrected chi connectivity index (χ1v) is 9.40. The van der Waals surface area contributed by atoms with Crippen LogP contribution < -0.4 is 5.73 Å². The molecule has 2 N–H and O–H groups in total. The minimum Gasteiger partial charge on any atom is -0.326 e. The summed E-state index contributed by atoms with van der Waals surface area (Å²) in [5.41, 5.74) is 6.97. The van der Waals surface area contributed by atoms with Crippen LogP contribution in [-0.4, -0.2) is 30.6 Å². The van der Waals surface area contributed by atoms with Crippen LogP contribution in [0.15, 0.2) is 0 Å². The molecular weight excluding hydrogens is 256 g/mol. The Bertz CT molecular complexity index is 307. The first kappa shape index (κ1) is 17.3. The summed E-state index contributed by atoms with van der Waals surface area (Å²) in [6, 6.07) is 0.999. The highest BCUT2D eigenvalue weighted by Crippen LogP contribution is 2.41. The number of likely N-dealkylation sites (N-methyl/N-ethyl adjacent to an activating group) is 1. The van der Waals surface area contributed by atoms with E-state index in [0.717, 1.165) is 11.8 Å². The Morgan fingerprint density at radius 3 is 2.33 bits per heavy atom. The van der Waals surface area contributed by atoms with Gasteiger partial charge in [0.05, 0.1) is 0 Å². The van der Waals surface area contributed by atoms with Crippen molar-refractivity contribution in [2.24, 2.45) is 23.0 Å². The van der Waals surface area contributed by atoms with E-state index in [-0.39, 0.29) is 0 Å². The maximum Gasteiger partial charge on any atom is 0.0247 e. The van der Waals surface area contributed by atoms with Crippen LogP contribution in [0.5, 0.6) is 0 Å². The summed E-state index contributed by atoms with van der Waals surface area (Å²) in [6.07, 6.45) is 12.4. The summed E-state index contributed by atoms with van der Waals surface area (Å²) >= 11 is 0. The highest BCUT2D eigenvalue weighted by atomic mass is 15.1. The maximum atomic E-state index is 6.49. The monoisotopic (exact) mass is 294 g/mol. The highest BCUT2D eigenvalue weighted by molar-refractivity contribution is 4.93. The Labute approximate surface area is 132 Å². The molecule has 2 fully saturated rings. The van der Waals surface area contributed by atoms with Crippen LogP contribution in [0.2, 0.25) is 0 Å².